The summed E-state index contributed by atoms with van der Waals surface area (Å²) in [6.07, 6.45) is 9.51. The van der Waals surface area contributed by atoms with Crippen molar-refractivity contribution in [1.82, 2.24) is 4.90 Å². The standard InChI is InChI=1S/C15H33N3/c1-3-5-6-7-8-15-9-13(4-2)11-18(15)12-14(17)10-16/h13-15H,3-12,16-17H2,1-2H3. The summed E-state index contributed by atoms with van der Waals surface area (Å²) in [5, 5.41) is 0. The summed E-state index contributed by atoms with van der Waals surface area (Å²) in [6.45, 7) is 7.42. The number of rotatable bonds is 9. The molecule has 0 aromatic heterocycles. The van der Waals surface area contributed by atoms with Crippen LogP contribution in [0.3, 0.4) is 0 Å². The predicted molar refractivity (Wildman–Crippen MR) is 79.5 cm³/mol. The Bertz CT molecular complexity index is 208. The van der Waals surface area contributed by atoms with Crippen molar-refractivity contribution < 1.29 is 0 Å². The fourth-order valence-electron chi connectivity index (χ4n) is 3.09. The van der Waals surface area contributed by atoms with E-state index in [0.717, 1.165) is 18.5 Å². The summed E-state index contributed by atoms with van der Waals surface area (Å²) in [7, 11) is 0. The van der Waals surface area contributed by atoms with Gasteiger partial charge in [0.1, 0.15) is 0 Å². The van der Waals surface area contributed by atoms with Gasteiger partial charge in [0.2, 0.25) is 0 Å². The molecule has 3 unspecified atom stereocenters. The van der Waals surface area contributed by atoms with E-state index in [2.05, 4.69) is 18.7 Å². The number of nitrogens with zero attached hydrogens (tertiary/aromatic N) is 1. The van der Waals surface area contributed by atoms with Gasteiger partial charge in [0.25, 0.3) is 0 Å². The Kier molecular flexibility index (Phi) is 7.87. The molecule has 1 heterocycles. The van der Waals surface area contributed by atoms with Crippen LogP contribution in [0.25, 0.3) is 0 Å². The first kappa shape index (κ1) is 15.9. The SMILES string of the molecule is CCCCCCC1CC(CC)CN1CC(N)CN. The van der Waals surface area contributed by atoms with Crippen molar-refractivity contribution in [1.29, 1.82) is 0 Å². The highest BCUT2D eigenvalue weighted by molar-refractivity contribution is 4.86. The third kappa shape index (κ3) is 5.25. The number of hydrogen-bond donors (Lipinski definition) is 2. The van der Waals surface area contributed by atoms with Crippen LogP contribution in [-0.2, 0) is 0 Å². The molecule has 0 bridgehead atoms. The van der Waals surface area contributed by atoms with Crippen molar-refractivity contribution in [2.24, 2.45) is 17.4 Å². The highest BCUT2D eigenvalue weighted by atomic mass is 15.2. The largest absolute Gasteiger partial charge is 0.329 e. The van der Waals surface area contributed by atoms with E-state index in [1.165, 1.54) is 51.5 Å². The Morgan fingerprint density at radius 1 is 1.22 bits per heavy atom. The molecule has 0 saturated carbocycles. The van der Waals surface area contributed by atoms with Crippen molar-refractivity contribution in [3.05, 3.63) is 0 Å². The fraction of sp³-hybridized carbons (Fsp3) is 1.00. The van der Waals surface area contributed by atoms with Crippen LogP contribution < -0.4 is 11.5 Å². The van der Waals surface area contributed by atoms with Crippen molar-refractivity contribution in [2.45, 2.75) is 70.9 Å². The molecule has 3 heteroatoms. The van der Waals surface area contributed by atoms with Crippen molar-refractivity contribution >= 4 is 0 Å². The number of hydrogen-bond acceptors (Lipinski definition) is 3. The Morgan fingerprint density at radius 2 is 2.00 bits per heavy atom. The van der Waals surface area contributed by atoms with Crippen LogP contribution in [-0.4, -0.2) is 36.6 Å². The third-order valence-electron chi connectivity index (χ3n) is 4.35. The summed E-state index contributed by atoms with van der Waals surface area (Å²) in [5.74, 6) is 0.881. The van der Waals surface area contributed by atoms with Gasteiger partial charge in [0.15, 0.2) is 0 Å². The molecule has 0 amide bonds. The lowest BCUT2D eigenvalue weighted by Gasteiger charge is -2.26. The van der Waals surface area contributed by atoms with Gasteiger partial charge in [-0.25, -0.2) is 0 Å². The summed E-state index contributed by atoms with van der Waals surface area (Å²) in [4.78, 5) is 2.61. The summed E-state index contributed by atoms with van der Waals surface area (Å²) in [5.41, 5.74) is 11.7. The lowest BCUT2D eigenvalue weighted by molar-refractivity contribution is 0.223. The average Bonchev–Trinajstić information content (AvgIpc) is 2.77. The van der Waals surface area contributed by atoms with Gasteiger partial charge in [-0.15, -0.1) is 0 Å². The monoisotopic (exact) mass is 255 g/mol. The Morgan fingerprint density at radius 3 is 2.61 bits per heavy atom. The first-order valence-electron chi connectivity index (χ1n) is 7.90. The minimum atomic E-state index is 0.152. The van der Waals surface area contributed by atoms with Gasteiger partial charge >= 0.3 is 0 Å². The van der Waals surface area contributed by atoms with Crippen LogP contribution in [0.15, 0.2) is 0 Å². The van der Waals surface area contributed by atoms with Crippen molar-refractivity contribution in [3.8, 4) is 0 Å². The zero-order valence-corrected chi connectivity index (χ0v) is 12.4. The van der Waals surface area contributed by atoms with Gasteiger partial charge in [-0.1, -0.05) is 46.0 Å². The second-order valence-electron chi connectivity index (χ2n) is 5.96. The lowest BCUT2D eigenvalue weighted by Crippen LogP contribution is -2.44. The molecule has 0 radical (unpaired) electrons. The second kappa shape index (κ2) is 8.89. The average molecular weight is 255 g/mol. The first-order valence-corrected chi connectivity index (χ1v) is 7.90. The van der Waals surface area contributed by atoms with Crippen molar-refractivity contribution in [3.63, 3.8) is 0 Å². The number of likely N-dealkylation sites (tertiary alicyclic amines) is 1. The van der Waals surface area contributed by atoms with E-state index in [1.807, 2.05) is 0 Å². The minimum absolute atomic E-state index is 0.152. The van der Waals surface area contributed by atoms with E-state index in [-0.39, 0.29) is 6.04 Å². The van der Waals surface area contributed by atoms with E-state index in [0.29, 0.717) is 6.54 Å². The van der Waals surface area contributed by atoms with Gasteiger partial charge in [0, 0.05) is 31.7 Å². The minimum Gasteiger partial charge on any atom is -0.329 e. The van der Waals surface area contributed by atoms with Crippen LogP contribution in [0.4, 0.5) is 0 Å². The second-order valence-corrected chi connectivity index (χ2v) is 5.96. The molecular formula is C15H33N3. The molecule has 1 rings (SSSR count). The number of unbranched alkanes of at least 4 members (excludes halogenated alkanes) is 3. The first-order chi connectivity index (χ1) is 8.71. The Balaban J connectivity index is 2.35. The fourth-order valence-corrected chi connectivity index (χ4v) is 3.09. The maximum atomic E-state index is 6.01. The molecule has 108 valence electrons. The molecule has 4 N–H and O–H groups in total. The summed E-state index contributed by atoms with van der Waals surface area (Å²) in [6, 6.07) is 0.920. The molecule has 1 aliphatic heterocycles. The molecular weight excluding hydrogens is 222 g/mol. The normalized spacial score (nSPS) is 26.7. The zero-order chi connectivity index (χ0) is 13.4. The quantitative estimate of drug-likeness (QED) is 0.622. The third-order valence-corrected chi connectivity index (χ3v) is 4.35. The van der Waals surface area contributed by atoms with Crippen LogP contribution in [0.2, 0.25) is 0 Å². The van der Waals surface area contributed by atoms with Gasteiger partial charge < -0.3 is 11.5 Å². The molecule has 3 atom stereocenters. The van der Waals surface area contributed by atoms with E-state index in [1.54, 1.807) is 0 Å². The maximum absolute atomic E-state index is 6.01. The van der Waals surface area contributed by atoms with Gasteiger partial charge in [-0.05, 0) is 18.8 Å². The molecule has 1 fully saturated rings. The molecule has 3 nitrogen and oxygen atoms in total. The topological polar surface area (TPSA) is 55.3 Å². The van der Waals surface area contributed by atoms with Crippen LogP contribution >= 0.6 is 0 Å². The van der Waals surface area contributed by atoms with Crippen LogP contribution in [0.1, 0.15) is 58.8 Å². The van der Waals surface area contributed by atoms with E-state index in [4.69, 9.17) is 11.5 Å². The lowest BCUT2D eigenvalue weighted by atomic mass is 9.99. The summed E-state index contributed by atoms with van der Waals surface area (Å²) >= 11 is 0. The van der Waals surface area contributed by atoms with Crippen molar-refractivity contribution in [2.75, 3.05) is 19.6 Å². The number of nitrogens with two attached hydrogens (primary N) is 2. The predicted octanol–water partition coefficient (Wildman–Crippen LogP) is 2.34. The van der Waals surface area contributed by atoms with E-state index < -0.39 is 0 Å². The molecule has 0 spiro atoms. The van der Waals surface area contributed by atoms with Crippen LogP contribution in [0.5, 0.6) is 0 Å². The molecule has 18 heavy (non-hydrogen) atoms. The highest BCUT2D eigenvalue weighted by Gasteiger charge is 2.30. The summed E-state index contributed by atoms with van der Waals surface area (Å²) < 4.78 is 0. The molecule has 1 saturated heterocycles. The van der Waals surface area contributed by atoms with Gasteiger partial charge in [-0.2, -0.15) is 0 Å². The van der Waals surface area contributed by atoms with Crippen LogP contribution in [0, 0.1) is 5.92 Å². The molecule has 1 aliphatic rings. The Hall–Kier alpha value is -0.120. The maximum Gasteiger partial charge on any atom is 0.0292 e. The van der Waals surface area contributed by atoms with Gasteiger partial charge in [-0.3, -0.25) is 4.90 Å². The highest BCUT2D eigenvalue weighted by Crippen LogP contribution is 2.28. The molecule has 0 aromatic rings. The van der Waals surface area contributed by atoms with E-state index >= 15 is 0 Å². The molecule has 0 aromatic carbocycles. The molecule has 0 aliphatic carbocycles. The smallest absolute Gasteiger partial charge is 0.0292 e. The Labute approximate surface area is 113 Å². The van der Waals surface area contributed by atoms with Gasteiger partial charge in [0.05, 0.1) is 0 Å². The zero-order valence-electron chi connectivity index (χ0n) is 12.4. The van der Waals surface area contributed by atoms with E-state index in [9.17, 15) is 0 Å².